The average molecular weight is 308 g/mol. The Morgan fingerprint density at radius 1 is 1.27 bits per heavy atom. The molecule has 0 spiro atoms. The summed E-state index contributed by atoms with van der Waals surface area (Å²) in [5.41, 5.74) is -2.02. The van der Waals surface area contributed by atoms with Gasteiger partial charge in [-0.15, -0.1) is 0 Å². The second-order valence-electron chi connectivity index (χ2n) is 4.48. The molecule has 0 fully saturated rings. The molecular formula is C15H16O7. The van der Waals surface area contributed by atoms with Crippen LogP contribution < -0.4 is 0 Å². The van der Waals surface area contributed by atoms with Crippen molar-refractivity contribution in [1.29, 1.82) is 0 Å². The molecule has 1 aliphatic rings. The highest BCUT2D eigenvalue weighted by molar-refractivity contribution is 6.07. The molecule has 0 radical (unpaired) electrons. The second-order valence-corrected chi connectivity index (χ2v) is 4.48. The van der Waals surface area contributed by atoms with Crippen molar-refractivity contribution in [3.05, 3.63) is 36.0 Å². The van der Waals surface area contributed by atoms with Gasteiger partial charge >= 0.3 is 17.5 Å². The van der Waals surface area contributed by atoms with Gasteiger partial charge in [0.15, 0.2) is 0 Å². The van der Waals surface area contributed by atoms with Gasteiger partial charge in [0.25, 0.3) is 0 Å². The fourth-order valence-electron chi connectivity index (χ4n) is 2.34. The summed E-state index contributed by atoms with van der Waals surface area (Å²) >= 11 is 0. The average Bonchev–Trinajstić information content (AvgIpc) is 3.14. The molecule has 1 aromatic rings. The van der Waals surface area contributed by atoms with Crippen LogP contribution in [0.15, 0.2) is 34.6 Å². The molecule has 0 aromatic carbocycles. The Balaban J connectivity index is 2.53. The monoisotopic (exact) mass is 308 g/mol. The van der Waals surface area contributed by atoms with Crippen molar-refractivity contribution in [3.8, 4) is 0 Å². The van der Waals surface area contributed by atoms with Crippen molar-refractivity contribution in [2.45, 2.75) is 25.4 Å². The van der Waals surface area contributed by atoms with Gasteiger partial charge in [-0.1, -0.05) is 0 Å². The summed E-state index contributed by atoms with van der Waals surface area (Å²) in [6.07, 6.45) is 2.94. The molecule has 22 heavy (non-hydrogen) atoms. The number of furan rings is 1. The molecule has 0 bridgehead atoms. The summed E-state index contributed by atoms with van der Waals surface area (Å²) in [4.78, 5) is 36.1. The Hall–Kier alpha value is -2.57. The molecule has 1 atom stereocenters. The van der Waals surface area contributed by atoms with Crippen molar-refractivity contribution < 1.29 is 33.0 Å². The Labute approximate surface area is 126 Å². The lowest BCUT2D eigenvalue weighted by atomic mass is 9.82. The van der Waals surface area contributed by atoms with E-state index in [0.717, 1.165) is 6.26 Å². The van der Waals surface area contributed by atoms with Gasteiger partial charge in [0.1, 0.15) is 18.0 Å². The van der Waals surface area contributed by atoms with E-state index in [1.807, 2.05) is 0 Å². The van der Waals surface area contributed by atoms with Crippen LogP contribution in [0.25, 0.3) is 0 Å². The molecule has 7 heteroatoms. The van der Waals surface area contributed by atoms with Crippen LogP contribution in [0.5, 0.6) is 0 Å². The standard InChI is InChI=1S/C15H16O7/c1-3-19-13(17)15(14(18)20-4-2)12(10(8-16)9-22-15)11-6-5-7-21-11/h5-9,12H,3-4H2,1-2H3. The topological polar surface area (TPSA) is 92.0 Å². The molecule has 7 nitrogen and oxygen atoms in total. The zero-order valence-electron chi connectivity index (χ0n) is 12.2. The summed E-state index contributed by atoms with van der Waals surface area (Å²) in [6.45, 7) is 3.29. The van der Waals surface area contributed by atoms with Crippen molar-refractivity contribution in [3.63, 3.8) is 0 Å². The molecule has 0 amide bonds. The molecule has 1 unspecified atom stereocenters. The molecule has 2 heterocycles. The summed E-state index contributed by atoms with van der Waals surface area (Å²) in [5, 5.41) is 0. The van der Waals surface area contributed by atoms with Gasteiger partial charge in [-0.3, -0.25) is 4.79 Å². The van der Waals surface area contributed by atoms with E-state index in [2.05, 4.69) is 0 Å². The van der Waals surface area contributed by atoms with Gasteiger partial charge in [-0.2, -0.15) is 0 Å². The SMILES string of the molecule is CCOC(=O)C1(C(=O)OCC)OC=C(C=O)C1c1ccco1. The van der Waals surface area contributed by atoms with E-state index in [9.17, 15) is 14.4 Å². The number of carbonyl (C=O) groups excluding carboxylic acids is 3. The summed E-state index contributed by atoms with van der Waals surface area (Å²) in [7, 11) is 0. The van der Waals surface area contributed by atoms with E-state index in [-0.39, 0.29) is 24.5 Å². The first-order valence-corrected chi connectivity index (χ1v) is 6.82. The lowest BCUT2D eigenvalue weighted by Gasteiger charge is -2.29. The largest absolute Gasteiger partial charge is 0.471 e. The highest BCUT2D eigenvalue weighted by atomic mass is 16.6. The van der Waals surface area contributed by atoms with Crippen LogP contribution >= 0.6 is 0 Å². The van der Waals surface area contributed by atoms with Crippen LogP contribution in [0, 0.1) is 0 Å². The molecule has 0 aliphatic carbocycles. The molecular weight excluding hydrogens is 292 g/mol. The van der Waals surface area contributed by atoms with Crippen LogP contribution in [0.3, 0.4) is 0 Å². The number of rotatable bonds is 6. The third-order valence-corrected chi connectivity index (χ3v) is 3.24. The third-order valence-electron chi connectivity index (χ3n) is 3.24. The van der Waals surface area contributed by atoms with Gasteiger partial charge in [0.05, 0.1) is 25.7 Å². The van der Waals surface area contributed by atoms with Crippen molar-refractivity contribution >= 4 is 18.2 Å². The molecule has 0 N–H and O–H groups in total. The van der Waals surface area contributed by atoms with Crippen LogP contribution in [-0.2, 0) is 28.6 Å². The Morgan fingerprint density at radius 2 is 1.91 bits per heavy atom. The normalized spacial score (nSPS) is 19.0. The van der Waals surface area contributed by atoms with Crippen molar-refractivity contribution in [2.24, 2.45) is 0 Å². The lowest BCUT2D eigenvalue weighted by Crippen LogP contribution is -2.53. The van der Waals surface area contributed by atoms with Gasteiger partial charge in [0.2, 0.25) is 0 Å². The van der Waals surface area contributed by atoms with E-state index < -0.39 is 23.5 Å². The Kier molecular flexibility index (Phi) is 4.65. The number of hydrogen-bond acceptors (Lipinski definition) is 7. The molecule has 1 aliphatic heterocycles. The highest BCUT2D eigenvalue weighted by Gasteiger charge is 2.63. The minimum atomic E-state index is -2.11. The maximum Gasteiger partial charge on any atom is 0.363 e. The third kappa shape index (κ3) is 2.38. The number of aldehydes is 1. The quantitative estimate of drug-likeness (QED) is 0.445. The maximum absolute atomic E-state index is 12.4. The number of ether oxygens (including phenoxy) is 3. The van der Waals surface area contributed by atoms with E-state index >= 15 is 0 Å². The molecule has 118 valence electrons. The van der Waals surface area contributed by atoms with E-state index in [0.29, 0.717) is 6.29 Å². The summed E-state index contributed by atoms with van der Waals surface area (Å²) in [5.74, 6) is -2.68. The van der Waals surface area contributed by atoms with Gasteiger partial charge < -0.3 is 18.6 Å². The van der Waals surface area contributed by atoms with Gasteiger partial charge in [-0.25, -0.2) is 9.59 Å². The van der Waals surface area contributed by atoms with Crippen LogP contribution in [0.4, 0.5) is 0 Å². The first-order chi connectivity index (χ1) is 10.6. The predicted molar refractivity (Wildman–Crippen MR) is 72.7 cm³/mol. The zero-order valence-corrected chi connectivity index (χ0v) is 12.2. The van der Waals surface area contributed by atoms with Crippen molar-refractivity contribution in [2.75, 3.05) is 13.2 Å². The summed E-state index contributed by atoms with van der Waals surface area (Å²) in [6, 6.07) is 3.13. The lowest BCUT2D eigenvalue weighted by molar-refractivity contribution is -0.183. The minimum Gasteiger partial charge on any atom is -0.471 e. The smallest absolute Gasteiger partial charge is 0.363 e. The maximum atomic E-state index is 12.4. The summed E-state index contributed by atoms with van der Waals surface area (Å²) < 4.78 is 20.5. The van der Waals surface area contributed by atoms with Crippen LogP contribution in [0.2, 0.25) is 0 Å². The Bertz CT molecular complexity index is 567. The molecule has 2 rings (SSSR count). The van der Waals surface area contributed by atoms with Crippen molar-refractivity contribution in [1.82, 2.24) is 0 Å². The first kappa shape index (κ1) is 15.8. The van der Waals surface area contributed by atoms with E-state index in [1.165, 1.54) is 6.26 Å². The molecule has 1 aromatic heterocycles. The fourth-order valence-corrected chi connectivity index (χ4v) is 2.34. The highest BCUT2D eigenvalue weighted by Crippen LogP contribution is 2.44. The second kappa shape index (κ2) is 6.46. The minimum absolute atomic E-state index is 0.0463. The first-order valence-electron chi connectivity index (χ1n) is 6.82. The Morgan fingerprint density at radius 3 is 2.36 bits per heavy atom. The van der Waals surface area contributed by atoms with Gasteiger partial charge in [0, 0.05) is 5.57 Å². The van der Waals surface area contributed by atoms with E-state index in [1.54, 1.807) is 26.0 Å². The van der Waals surface area contributed by atoms with Gasteiger partial charge in [-0.05, 0) is 26.0 Å². The number of carbonyl (C=O) groups is 3. The number of esters is 2. The number of hydrogen-bond donors (Lipinski definition) is 0. The fraction of sp³-hybridized carbons (Fsp3) is 0.400. The zero-order chi connectivity index (χ0) is 16.2. The molecule has 0 saturated heterocycles. The molecule has 0 saturated carbocycles. The van der Waals surface area contributed by atoms with Crippen LogP contribution in [0.1, 0.15) is 25.5 Å². The van der Waals surface area contributed by atoms with E-state index in [4.69, 9.17) is 18.6 Å². The van der Waals surface area contributed by atoms with Crippen LogP contribution in [-0.4, -0.2) is 37.0 Å². The predicted octanol–water partition coefficient (Wildman–Crippen LogP) is 1.34.